The van der Waals surface area contributed by atoms with Gasteiger partial charge in [-0.2, -0.15) is 0 Å². The Morgan fingerprint density at radius 1 is 0.152 bits per heavy atom. The van der Waals surface area contributed by atoms with Crippen molar-refractivity contribution in [3.63, 3.8) is 0 Å². The van der Waals surface area contributed by atoms with Crippen LogP contribution in [0.15, 0.2) is 44.6 Å². The van der Waals surface area contributed by atoms with Crippen LogP contribution in [-0.4, -0.2) is 44.3 Å². The molecule has 0 aliphatic carbocycles. The molecule has 0 unspecified atom stereocenters. The summed E-state index contributed by atoms with van der Waals surface area (Å²) in [7, 11) is 0. The Morgan fingerprint density at radius 3 is 0.357 bits per heavy atom. The van der Waals surface area contributed by atoms with Crippen molar-refractivity contribution >= 4 is 23.9 Å². The molecule has 0 radical (unpaired) electrons. The van der Waals surface area contributed by atoms with Crippen LogP contribution in [0.1, 0.15) is 530 Å². The van der Waals surface area contributed by atoms with Crippen LogP contribution in [0, 0.1) is 59.2 Å². The molecule has 0 aromatic rings. The molecule has 0 fully saturated rings. The lowest BCUT2D eigenvalue weighted by Crippen LogP contribution is -1.97. The maximum Gasteiger partial charge on any atom is 0.303 e. The summed E-state index contributed by atoms with van der Waals surface area (Å²) in [4.78, 5) is 45.6. The lowest BCUT2D eigenvalue weighted by Gasteiger charge is -2.11. The number of hydrogen-bond acceptors (Lipinski definition) is 4. The lowest BCUT2D eigenvalue weighted by molar-refractivity contribution is -0.138. The smallest absolute Gasteiger partial charge is 0.303 e. The Bertz CT molecular complexity index is 2780. The van der Waals surface area contributed by atoms with Gasteiger partial charge in [-0.15, -0.1) is 11.8 Å². The molecule has 0 rings (SSSR count). The number of carbonyl (C=O) groups is 4. The molecule has 4 N–H and O–H groups in total. The van der Waals surface area contributed by atoms with E-state index in [1.54, 1.807) is 0 Å². The zero-order valence-electron chi connectivity index (χ0n) is 74.2. The van der Waals surface area contributed by atoms with Crippen molar-refractivity contribution in [1.29, 1.82) is 0 Å². The van der Waals surface area contributed by atoms with Gasteiger partial charge in [0.15, 0.2) is 0 Å². The van der Waals surface area contributed by atoms with Crippen LogP contribution in [-0.2, 0) is 19.2 Å². The monoisotopic (exact) mass is 1550 g/mol. The molecule has 0 heterocycles. The molecule has 638 valence electrons. The van der Waals surface area contributed by atoms with Crippen LogP contribution in [0.2, 0.25) is 0 Å². The van der Waals surface area contributed by atoms with Crippen molar-refractivity contribution in [2.45, 2.75) is 530 Å². The van der Waals surface area contributed by atoms with Crippen LogP contribution in [0.3, 0.4) is 0 Å². The van der Waals surface area contributed by atoms with Crippen molar-refractivity contribution in [3.8, 4) is 59.2 Å². The second kappa shape index (κ2) is 85.0. The minimum Gasteiger partial charge on any atom is -0.481 e. The molecule has 0 aromatic carbocycles. The van der Waals surface area contributed by atoms with E-state index in [1.165, 1.54) is 263 Å². The highest BCUT2D eigenvalue weighted by atomic mass is 16.4. The van der Waals surface area contributed by atoms with Crippen LogP contribution >= 0.6 is 0 Å². The third-order valence-corrected chi connectivity index (χ3v) is 22.5. The summed E-state index contributed by atoms with van der Waals surface area (Å²) in [6.45, 7) is 13.1. The minimum absolute atomic E-state index is 0.222. The van der Waals surface area contributed by atoms with Gasteiger partial charge < -0.3 is 20.4 Å². The van der Waals surface area contributed by atoms with Gasteiger partial charge in [0.25, 0.3) is 0 Å². The first-order chi connectivity index (χ1) is 54.9. The van der Waals surface area contributed by atoms with Gasteiger partial charge in [-0.25, -0.2) is 0 Å². The Labute approximate surface area is 692 Å². The van der Waals surface area contributed by atoms with E-state index in [1.807, 2.05) is 13.8 Å². The van der Waals surface area contributed by atoms with E-state index >= 15 is 0 Å². The Kier molecular flexibility index (Phi) is 81.0. The molecule has 0 atom stereocenters. The first-order valence-electron chi connectivity index (χ1n) is 48.0. The van der Waals surface area contributed by atoms with Gasteiger partial charge >= 0.3 is 23.9 Å². The van der Waals surface area contributed by atoms with Crippen molar-refractivity contribution in [1.82, 2.24) is 0 Å². The molecule has 0 aromatic heterocycles. The largest absolute Gasteiger partial charge is 0.481 e. The van der Waals surface area contributed by atoms with E-state index in [9.17, 15) is 39.6 Å². The number of hydrogen-bond donors (Lipinski definition) is 4. The molecule has 0 spiro atoms. The zero-order valence-corrected chi connectivity index (χ0v) is 74.2. The molecular weight excluding hydrogens is 1380 g/mol. The summed E-state index contributed by atoms with van der Waals surface area (Å²) in [6, 6.07) is 0. The summed E-state index contributed by atoms with van der Waals surface area (Å²) in [6.07, 6.45) is 82.0. The minimum atomic E-state index is -0.719. The first-order valence-corrected chi connectivity index (χ1v) is 48.0. The third-order valence-electron chi connectivity index (χ3n) is 22.5. The second-order valence-electron chi connectivity index (χ2n) is 33.1. The van der Waals surface area contributed by atoms with E-state index in [4.69, 9.17) is 0 Å². The molecule has 112 heavy (non-hydrogen) atoms. The highest BCUT2D eigenvalue weighted by Crippen LogP contribution is 2.28. The Morgan fingerprint density at radius 2 is 0.250 bits per heavy atom. The van der Waals surface area contributed by atoms with E-state index in [0.29, 0.717) is 12.8 Å². The molecule has 0 aliphatic heterocycles. The fourth-order valence-electron chi connectivity index (χ4n) is 15.4. The zero-order chi connectivity index (χ0) is 81.7. The van der Waals surface area contributed by atoms with Gasteiger partial charge in [0.2, 0.25) is 0 Å². The van der Waals surface area contributed by atoms with Crippen LogP contribution < -0.4 is 0 Å². The van der Waals surface area contributed by atoms with Gasteiger partial charge in [0.1, 0.15) is 0 Å². The fraction of sp³-hybridized carbons (Fsp3) is 0.788. The van der Waals surface area contributed by atoms with Crippen LogP contribution in [0.5, 0.6) is 0 Å². The topological polar surface area (TPSA) is 149 Å². The van der Waals surface area contributed by atoms with Gasteiger partial charge in [-0.3, -0.25) is 19.2 Å². The second-order valence-corrected chi connectivity index (χ2v) is 33.1. The lowest BCUT2D eigenvalue weighted by atomic mass is 9.92. The highest BCUT2D eigenvalue weighted by molar-refractivity contribution is 5.67. The SMILES string of the molecule is CC#C/C(CCCCCCCCCCCC)=C(/C#C/C(CCCCCCCCCCCC)=C(/C#C/C(CCCCCCCCCCCC)=C(/C#C/C(CCCCCCCCCCCC)=C(/C#CC)CCCCCCCCC(=O)O)CCCCCCCCC(=O)O)CCCCCCCCC(=O)O)CCCCCCCCC(=O)O. The van der Waals surface area contributed by atoms with Gasteiger partial charge in [0, 0.05) is 70.3 Å². The number of aliphatic carboxylic acids is 4. The molecule has 0 amide bonds. The molecule has 8 heteroatoms. The summed E-state index contributed by atoms with van der Waals surface area (Å²) < 4.78 is 0. The number of allylic oxidation sites excluding steroid dienone is 8. The summed E-state index contributed by atoms with van der Waals surface area (Å²) in [5, 5.41) is 37.5. The van der Waals surface area contributed by atoms with Crippen LogP contribution in [0.25, 0.3) is 0 Å². The molecule has 0 bridgehead atoms. The fourth-order valence-corrected chi connectivity index (χ4v) is 15.4. The van der Waals surface area contributed by atoms with Gasteiger partial charge in [-0.1, -0.05) is 409 Å². The number of carboxylic acid groups (broad SMARTS) is 4. The van der Waals surface area contributed by atoms with E-state index in [-0.39, 0.29) is 25.7 Å². The quantitative estimate of drug-likeness (QED) is 0.0347. The van der Waals surface area contributed by atoms with Crippen molar-refractivity contribution in [2.75, 3.05) is 0 Å². The number of rotatable bonds is 80. The van der Waals surface area contributed by atoms with E-state index in [2.05, 4.69) is 86.9 Å². The Balaban J connectivity index is 9.07. The van der Waals surface area contributed by atoms with Gasteiger partial charge in [-0.05, 0) is 142 Å². The molecule has 0 aliphatic rings. The molecule has 0 saturated heterocycles. The maximum absolute atomic E-state index is 11.5. The molecule has 8 nitrogen and oxygen atoms in total. The number of unbranched alkanes of at least 4 members (excludes halogenated alkanes) is 56. The Hall–Kier alpha value is -5.36. The maximum atomic E-state index is 11.5. The number of carboxylic acids is 4. The van der Waals surface area contributed by atoms with Crippen molar-refractivity contribution < 1.29 is 39.6 Å². The first kappa shape index (κ1) is 107. The molecule has 0 saturated carbocycles. The summed E-state index contributed by atoms with van der Waals surface area (Å²) in [5.74, 6) is 35.2. The average molecular weight is 1550 g/mol. The normalized spacial score (nSPS) is 12.0. The molecular formula is C104H174O8. The third kappa shape index (κ3) is 73.5. The van der Waals surface area contributed by atoms with Crippen molar-refractivity contribution in [2.24, 2.45) is 0 Å². The van der Waals surface area contributed by atoms with Crippen LogP contribution in [0.4, 0.5) is 0 Å². The van der Waals surface area contributed by atoms with Gasteiger partial charge in [0.05, 0.1) is 0 Å². The highest BCUT2D eigenvalue weighted by Gasteiger charge is 2.13. The summed E-state index contributed by atoms with van der Waals surface area (Å²) in [5.41, 5.74) is 9.47. The van der Waals surface area contributed by atoms with Crippen molar-refractivity contribution in [3.05, 3.63) is 44.6 Å². The standard InChI is InChI=1S/C104H174O8/c1-7-13-17-21-25-29-33-37-49-61-75-93(73-11-5)96(78-64-54-42-46-58-70-84-102(107)108)88-89-97(79-65-51-39-35-31-27-23-19-15-9-3)100(82-68-56-44-48-60-72-86-104(111)112)92-91-99(80-66-52-40-36-32-28-24-20-16-10-4)98(81-67-55-43-47-59-71-85-103(109)110)90-87-95(77-63-50-38-34-30-26-22-18-14-8-2)94(74-12-6)76-62-53-41-45-57-69-83-101(105)106/h7-10,13-72,75-86H2,1-6H3,(H,105,106)(H,107,108)(H,109,110)(H,111,112)/b95-94-,96-93-,99-98+,100-97+. The van der Waals surface area contributed by atoms with E-state index < -0.39 is 23.9 Å². The average Bonchev–Trinajstić information content (AvgIpc) is 0.863. The summed E-state index contributed by atoms with van der Waals surface area (Å²) >= 11 is 0. The van der Waals surface area contributed by atoms with E-state index in [0.717, 1.165) is 231 Å². The predicted octanol–water partition coefficient (Wildman–Crippen LogP) is 32.3. The predicted molar refractivity (Wildman–Crippen MR) is 482 cm³/mol.